The van der Waals surface area contributed by atoms with E-state index in [2.05, 4.69) is 10.6 Å². The molecule has 2 N–H and O–H groups in total. The molecule has 0 radical (unpaired) electrons. The van der Waals surface area contributed by atoms with Gasteiger partial charge in [0, 0.05) is 17.4 Å². The number of rotatable bonds is 4. The zero-order valence-electron chi connectivity index (χ0n) is 15.4. The van der Waals surface area contributed by atoms with E-state index in [-0.39, 0.29) is 22.1 Å². The summed E-state index contributed by atoms with van der Waals surface area (Å²) in [5.41, 5.74) is -1.05. The Hall–Kier alpha value is -3.77. The minimum absolute atomic E-state index is 0.199. The summed E-state index contributed by atoms with van der Waals surface area (Å²) in [6, 6.07) is 13.8. The van der Waals surface area contributed by atoms with E-state index < -0.39 is 23.6 Å². The van der Waals surface area contributed by atoms with Gasteiger partial charge in [0.15, 0.2) is 0 Å². The van der Waals surface area contributed by atoms with Crippen LogP contribution in [0.4, 0.5) is 33.7 Å². The Morgan fingerprint density at radius 2 is 1.58 bits per heavy atom. The molecule has 2 amide bonds. The average molecular weight is 450 g/mol. The number of anilines is 2. The molecular formula is C21H12ClF4N3O2. The molecule has 0 aliphatic heterocycles. The third-order valence-electron chi connectivity index (χ3n) is 3.93. The molecular weight excluding hydrogens is 438 g/mol. The van der Waals surface area contributed by atoms with Crippen LogP contribution < -0.4 is 15.4 Å². The summed E-state index contributed by atoms with van der Waals surface area (Å²) in [7, 11) is 0. The van der Waals surface area contributed by atoms with Crippen LogP contribution in [-0.4, -0.2) is 6.03 Å². The van der Waals surface area contributed by atoms with Gasteiger partial charge < -0.3 is 15.4 Å². The Labute approximate surface area is 178 Å². The maximum absolute atomic E-state index is 13.4. The van der Waals surface area contributed by atoms with E-state index in [0.717, 1.165) is 6.07 Å². The van der Waals surface area contributed by atoms with Crippen LogP contribution in [0.2, 0.25) is 5.02 Å². The highest BCUT2D eigenvalue weighted by atomic mass is 35.5. The summed E-state index contributed by atoms with van der Waals surface area (Å²) in [5, 5.41) is 13.7. The second-order valence-electron chi connectivity index (χ2n) is 6.15. The third kappa shape index (κ3) is 5.65. The first kappa shape index (κ1) is 21.9. The van der Waals surface area contributed by atoms with Crippen molar-refractivity contribution in [3.05, 3.63) is 82.6 Å². The van der Waals surface area contributed by atoms with E-state index in [1.807, 2.05) is 6.07 Å². The van der Waals surface area contributed by atoms with Gasteiger partial charge in [-0.3, -0.25) is 0 Å². The van der Waals surface area contributed by atoms with Crippen molar-refractivity contribution in [1.29, 1.82) is 5.26 Å². The molecule has 0 aliphatic carbocycles. The van der Waals surface area contributed by atoms with Crippen molar-refractivity contribution in [2.24, 2.45) is 0 Å². The number of urea groups is 1. The zero-order valence-corrected chi connectivity index (χ0v) is 16.2. The Kier molecular flexibility index (Phi) is 6.32. The van der Waals surface area contributed by atoms with Crippen LogP contribution in [0, 0.1) is 17.1 Å². The van der Waals surface area contributed by atoms with Crippen LogP contribution in [0.3, 0.4) is 0 Å². The monoisotopic (exact) mass is 449 g/mol. The molecule has 0 fully saturated rings. The highest BCUT2D eigenvalue weighted by Gasteiger charge is 2.34. The molecule has 0 unspecified atom stereocenters. The van der Waals surface area contributed by atoms with E-state index in [1.54, 1.807) is 24.3 Å². The van der Waals surface area contributed by atoms with Crippen LogP contribution in [0.25, 0.3) is 0 Å². The second kappa shape index (κ2) is 8.93. The predicted octanol–water partition coefficient (Wildman–Crippen LogP) is 6.81. The normalized spacial score (nSPS) is 10.8. The summed E-state index contributed by atoms with van der Waals surface area (Å²) >= 11 is 6.10. The number of hydrogen-bond acceptors (Lipinski definition) is 3. The molecule has 0 aromatic heterocycles. The summed E-state index contributed by atoms with van der Waals surface area (Å²) in [6.45, 7) is 0. The lowest BCUT2D eigenvalue weighted by atomic mass is 10.2. The lowest BCUT2D eigenvalue weighted by Gasteiger charge is -2.13. The minimum atomic E-state index is -4.90. The minimum Gasteiger partial charge on any atom is -0.456 e. The van der Waals surface area contributed by atoms with Gasteiger partial charge in [0.05, 0.1) is 22.2 Å². The van der Waals surface area contributed by atoms with Gasteiger partial charge in [0.2, 0.25) is 0 Å². The van der Waals surface area contributed by atoms with E-state index in [9.17, 15) is 22.4 Å². The zero-order chi connectivity index (χ0) is 22.6. The van der Waals surface area contributed by atoms with Crippen molar-refractivity contribution in [3.63, 3.8) is 0 Å². The number of nitriles is 1. The molecule has 0 spiro atoms. The molecule has 0 bridgehead atoms. The number of ether oxygens (including phenoxy) is 1. The number of hydrogen-bond donors (Lipinski definition) is 2. The molecule has 3 aromatic carbocycles. The van der Waals surface area contributed by atoms with Gasteiger partial charge in [-0.15, -0.1) is 0 Å². The average Bonchev–Trinajstić information content (AvgIpc) is 2.71. The van der Waals surface area contributed by atoms with E-state index >= 15 is 0 Å². The van der Waals surface area contributed by atoms with Gasteiger partial charge in [0.1, 0.15) is 17.3 Å². The molecule has 3 rings (SSSR count). The first-order chi connectivity index (χ1) is 14.7. The topological polar surface area (TPSA) is 74.1 Å². The van der Waals surface area contributed by atoms with Gasteiger partial charge in [-0.2, -0.15) is 18.4 Å². The van der Waals surface area contributed by atoms with Gasteiger partial charge in [-0.05, 0) is 54.6 Å². The van der Waals surface area contributed by atoms with Crippen molar-refractivity contribution in [2.75, 3.05) is 10.6 Å². The number of benzene rings is 3. The second-order valence-corrected chi connectivity index (χ2v) is 6.56. The predicted molar refractivity (Wildman–Crippen MR) is 107 cm³/mol. The van der Waals surface area contributed by atoms with Gasteiger partial charge in [0.25, 0.3) is 0 Å². The Morgan fingerprint density at radius 3 is 2.19 bits per heavy atom. The highest BCUT2D eigenvalue weighted by molar-refractivity contribution is 6.32. The van der Waals surface area contributed by atoms with Gasteiger partial charge in [-0.1, -0.05) is 11.6 Å². The van der Waals surface area contributed by atoms with Crippen LogP contribution in [0.5, 0.6) is 11.5 Å². The van der Waals surface area contributed by atoms with Crippen molar-refractivity contribution in [1.82, 2.24) is 0 Å². The molecule has 0 heterocycles. The van der Waals surface area contributed by atoms with Crippen molar-refractivity contribution in [2.45, 2.75) is 6.18 Å². The van der Waals surface area contributed by atoms with Gasteiger partial charge >= 0.3 is 12.2 Å². The first-order valence-corrected chi connectivity index (χ1v) is 8.96. The maximum atomic E-state index is 13.4. The fourth-order valence-electron chi connectivity index (χ4n) is 2.50. The number of carbonyl (C=O) groups is 1. The maximum Gasteiger partial charge on any atom is 0.419 e. The van der Waals surface area contributed by atoms with Crippen molar-refractivity contribution in [3.8, 4) is 17.6 Å². The number of amides is 2. The largest absolute Gasteiger partial charge is 0.456 e. The molecule has 3 aromatic rings. The molecule has 5 nitrogen and oxygen atoms in total. The number of nitrogens with zero attached hydrogens (tertiary/aromatic N) is 1. The molecule has 0 saturated heterocycles. The van der Waals surface area contributed by atoms with Crippen LogP contribution in [0.1, 0.15) is 11.1 Å². The highest BCUT2D eigenvalue weighted by Crippen LogP contribution is 2.34. The lowest BCUT2D eigenvalue weighted by molar-refractivity contribution is -0.139. The quantitative estimate of drug-likeness (QED) is 0.430. The van der Waals surface area contributed by atoms with E-state index in [0.29, 0.717) is 23.4 Å². The number of halogens is 5. The molecule has 0 aliphatic rings. The van der Waals surface area contributed by atoms with Crippen LogP contribution in [-0.2, 0) is 6.18 Å². The van der Waals surface area contributed by atoms with Crippen LogP contribution in [0.15, 0.2) is 60.7 Å². The molecule has 158 valence electrons. The third-order valence-corrected chi connectivity index (χ3v) is 4.24. The Bertz CT molecular complexity index is 1160. The smallest absolute Gasteiger partial charge is 0.419 e. The summed E-state index contributed by atoms with van der Waals surface area (Å²) in [4.78, 5) is 12.2. The Balaban J connectivity index is 1.72. The molecule has 31 heavy (non-hydrogen) atoms. The molecule has 10 heteroatoms. The SMILES string of the molecule is N#Cc1ccc(Oc2cc(NC(=O)Nc3ccc(F)c(C(F)(F)F)c3)ccc2Cl)cc1. The number of alkyl halides is 3. The number of nitrogens with one attached hydrogen (secondary N) is 2. The molecule has 0 saturated carbocycles. The van der Waals surface area contributed by atoms with E-state index in [4.69, 9.17) is 21.6 Å². The Morgan fingerprint density at radius 1 is 0.968 bits per heavy atom. The van der Waals surface area contributed by atoms with Crippen molar-refractivity contribution >= 4 is 29.0 Å². The first-order valence-electron chi connectivity index (χ1n) is 8.58. The van der Waals surface area contributed by atoms with E-state index in [1.165, 1.54) is 18.2 Å². The lowest BCUT2D eigenvalue weighted by Crippen LogP contribution is -2.20. The van der Waals surface area contributed by atoms with Crippen molar-refractivity contribution < 1.29 is 27.1 Å². The summed E-state index contributed by atoms with van der Waals surface area (Å²) in [6.07, 6.45) is -4.90. The molecule has 0 atom stereocenters. The number of carbonyl (C=O) groups excluding carboxylic acids is 1. The standard InChI is InChI=1S/C21H12ClF4N3O2/c22-17-7-3-14(10-19(17)31-15-5-1-12(11-27)2-6-15)29-20(30)28-13-4-8-18(23)16(9-13)21(24,25)26/h1-10H,(H2,28,29,30). The fourth-order valence-corrected chi connectivity index (χ4v) is 2.65. The van der Waals surface area contributed by atoms with Crippen LogP contribution >= 0.6 is 11.6 Å². The summed E-state index contributed by atoms with van der Waals surface area (Å²) < 4.78 is 57.4. The summed E-state index contributed by atoms with van der Waals surface area (Å²) in [5.74, 6) is -0.848. The van der Waals surface area contributed by atoms with Gasteiger partial charge in [-0.25, -0.2) is 9.18 Å². The fraction of sp³-hybridized carbons (Fsp3) is 0.0476.